The van der Waals surface area contributed by atoms with Crippen LogP contribution in [-0.4, -0.2) is 31.5 Å². The van der Waals surface area contributed by atoms with Gasteiger partial charge >= 0.3 is 0 Å². The molecule has 0 unspecified atom stereocenters. The van der Waals surface area contributed by atoms with Crippen molar-refractivity contribution in [1.82, 2.24) is 4.90 Å². The van der Waals surface area contributed by atoms with Crippen LogP contribution < -0.4 is 10.1 Å². The Hall–Kier alpha value is -1.37. The van der Waals surface area contributed by atoms with Crippen molar-refractivity contribution in [3.63, 3.8) is 0 Å². The molecule has 0 aliphatic carbocycles. The van der Waals surface area contributed by atoms with Crippen molar-refractivity contribution < 1.29 is 9.53 Å². The van der Waals surface area contributed by atoms with E-state index in [1.54, 1.807) is 7.11 Å². The highest BCUT2D eigenvalue weighted by Crippen LogP contribution is 2.32. The topological polar surface area (TPSA) is 41.6 Å². The van der Waals surface area contributed by atoms with Gasteiger partial charge in [0.25, 0.3) is 0 Å². The highest BCUT2D eigenvalue weighted by atomic mass is 79.9. The number of halogens is 2. The molecule has 1 amide bonds. The molecule has 4 nitrogen and oxygen atoms in total. The summed E-state index contributed by atoms with van der Waals surface area (Å²) in [5.74, 6) is 0.768. The molecule has 0 bridgehead atoms. The van der Waals surface area contributed by atoms with Gasteiger partial charge in [-0.15, -0.1) is 0 Å². The third-order valence-electron chi connectivity index (χ3n) is 3.48. The van der Waals surface area contributed by atoms with Gasteiger partial charge in [0, 0.05) is 15.5 Å². The van der Waals surface area contributed by atoms with E-state index in [-0.39, 0.29) is 5.91 Å². The quantitative estimate of drug-likeness (QED) is 0.691. The number of anilines is 1. The lowest BCUT2D eigenvalue weighted by Crippen LogP contribution is -2.30. The van der Waals surface area contributed by atoms with Gasteiger partial charge in [-0.1, -0.05) is 12.1 Å². The lowest BCUT2D eigenvalue weighted by Gasteiger charge is -2.17. The maximum atomic E-state index is 12.3. The molecule has 0 spiro atoms. The molecule has 2 rings (SSSR count). The number of amides is 1. The summed E-state index contributed by atoms with van der Waals surface area (Å²) in [6, 6.07) is 11.8. The van der Waals surface area contributed by atoms with Gasteiger partial charge in [-0.3, -0.25) is 9.69 Å². The van der Waals surface area contributed by atoms with Gasteiger partial charge in [0.2, 0.25) is 5.91 Å². The van der Waals surface area contributed by atoms with Crippen molar-refractivity contribution in [3.8, 4) is 5.75 Å². The lowest BCUT2D eigenvalue weighted by atomic mass is 10.2. The molecule has 0 atom stereocenters. The first-order chi connectivity index (χ1) is 11.4. The van der Waals surface area contributed by atoms with E-state index in [1.807, 2.05) is 55.3 Å². The number of carbonyl (C=O) groups excluding carboxylic acids is 1. The molecule has 0 fully saturated rings. The zero-order chi connectivity index (χ0) is 17.7. The van der Waals surface area contributed by atoms with E-state index < -0.39 is 0 Å². The zero-order valence-electron chi connectivity index (χ0n) is 13.9. The van der Waals surface area contributed by atoms with E-state index in [9.17, 15) is 4.79 Å². The van der Waals surface area contributed by atoms with Crippen molar-refractivity contribution in [2.45, 2.75) is 13.5 Å². The number of hydrogen-bond acceptors (Lipinski definition) is 3. The highest BCUT2D eigenvalue weighted by molar-refractivity contribution is 9.11. The molecule has 1 N–H and O–H groups in total. The minimum absolute atomic E-state index is 0.0590. The normalized spacial score (nSPS) is 10.8. The zero-order valence-corrected chi connectivity index (χ0v) is 17.1. The molecule has 6 heteroatoms. The van der Waals surface area contributed by atoms with Crippen LogP contribution in [0.3, 0.4) is 0 Å². The van der Waals surface area contributed by atoms with Crippen molar-refractivity contribution in [2.24, 2.45) is 0 Å². The number of likely N-dealkylation sites (N-methyl/N-ethyl adjacent to an activating group) is 1. The van der Waals surface area contributed by atoms with Crippen molar-refractivity contribution in [2.75, 3.05) is 26.0 Å². The summed E-state index contributed by atoms with van der Waals surface area (Å²) < 4.78 is 6.87. The summed E-state index contributed by atoms with van der Waals surface area (Å²) in [5.41, 5.74) is 3.00. The Balaban J connectivity index is 1.94. The largest absolute Gasteiger partial charge is 0.497 e. The number of hydrogen-bond donors (Lipinski definition) is 1. The fraction of sp³-hybridized carbons (Fsp3) is 0.278. The summed E-state index contributed by atoms with van der Waals surface area (Å²) in [7, 11) is 3.57. The minimum Gasteiger partial charge on any atom is -0.497 e. The fourth-order valence-electron chi connectivity index (χ4n) is 2.34. The molecular formula is C18H20Br2N2O2. The Morgan fingerprint density at radius 1 is 1.17 bits per heavy atom. The first-order valence-corrected chi connectivity index (χ1v) is 9.04. The number of aryl methyl sites for hydroxylation is 1. The van der Waals surface area contributed by atoms with E-state index in [4.69, 9.17) is 4.74 Å². The van der Waals surface area contributed by atoms with E-state index in [0.717, 1.165) is 31.5 Å². The standard InChI is InChI=1S/C18H20Br2N2O2/c1-12-8-15(19)18(16(20)9-12)21-17(23)11-22(2)10-13-4-6-14(24-3)7-5-13/h4-9H,10-11H2,1-3H3,(H,21,23). The van der Waals surface area contributed by atoms with Crippen molar-refractivity contribution in [1.29, 1.82) is 0 Å². The summed E-state index contributed by atoms with van der Waals surface area (Å²) in [4.78, 5) is 14.3. The van der Waals surface area contributed by atoms with Gasteiger partial charge in [-0.2, -0.15) is 0 Å². The number of carbonyl (C=O) groups is 1. The van der Waals surface area contributed by atoms with Crippen LogP contribution in [-0.2, 0) is 11.3 Å². The second-order valence-corrected chi connectivity index (χ2v) is 7.38. The highest BCUT2D eigenvalue weighted by Gasteiger charge is 2.12. The first-order valence-electron chi connectivity index (χ1n) is 7.46. The van der Waals surface area contributed by atoms with Crippen LogP contribution >= 0.6 is 31.9 Å². The van der Waals surface area contributed by atoms with Crippen LogP contribution in [0.1, 0.15) is 11.1 Å². The van der Waals surface area contributed by atoms with Crippen LogP contribution in [0.15, 0.2) is 45.3 Å². The Labute approximate surface area is 159 Å². The fourth-order valence-corrected chi connectivity index (χ4v) is 3.96. The SMILES string of the molecule is COc1ccc(CN(C)CC(=O)Nc2c(Br)cc(C)cc2Br)cc1. The first kappa shape index (κ1) is 19.0. The molecule has 2 aromatic carbocycles. The monoisotopic (exact) mass is 454 g/mol. The van der Waals surface area contributed by atoms with E-state index >= 15 is 0 Å². The minimum atomic E-state index is -0.0590. The van der Waals surface area contributed by atoms with E-state index in [2.05, 4.69) is 37.2 Å². The van der Waals surface area contributed by atoms with Crippen LogP contribution in [0.5, 0.6) is 5.75 Å². The molecule has 0 saturated heterocycles. The molecule has 128 valence electrons. The average Bonchev–Trinajstić information content (AvgIpc) is 2.51. The van der Waals surface area contributed by atoms with Crippen LogP contribution in [0.2, 0.25) is 0 Å². The van der Waals surface area contributed by atoms with Crippen molar-refractivity contribution >= 4 is 43.5 Å². The Kier molecular flexibility index (Phi) is 6.83. The maximum absolute atomic E-state index is 12.3. The molecule has 0 aliphatic rings. The number of methoxy groups -OCH3 is 1. The van der Waals surface area contributed by atoms with E-state index in [0.29, 0.717) is 13.1 Å². The summed E-state index contributed by atoms with van der Waals surface area (Å²) >= 11 is 6.98. The summed E-state index contributed by atoms with van der Waals surface area (Å²) in [6.07, 6.45) is 0. The Bertz CT molecular complexity index is 694. The van der Waals surface area contributed by atoms with Crippen LogP contribution in [0, 0.1) is 6.92 Å². The number of benzene rings is 2. The molecule has 0 aliphatic heterocycles. The molecule has 0 aromatic heterocycles. The van der Waals surface area contributed by atoms with Crippen LogP contribution in [0.25, 0.3) is 0 Å². The molecule has 2 aromatic rings. The smallest absolute Gasteiger partial charge is 0.238 e. The van der Waals surface area contributed by atoms with Crippen LogP contribution in [0.4, 0.5) is 5.69 Å². The van der Waals surface area contributed by atoms with Gasteiger partial charge < -0.3 is 10.1 Å². The molecule has 24 heavy (non-hydrogen) atoms. The maximum Gasteiger partial charge on any atom is 0.238 e. The van der Waals surface area contributed by atoms with Gasteiger partial charge in [0.05, 0.1) is 19.3 Å². The lowest BCUT2D eigenvalue weighted by molar-refractivity contribution is -0.117. The molecular weight excluding hydrogens is 436 g/mol. The van der Waals surface area contributed by atoms with Gasteiger partial charge in [0.1, 0.15) is 5.75 Å². The molecule has 0 saturated carbocycles. The van der Waals surface area contributed by atoms with Gasteiger partial charge in [-0.25, -0.2) is 0 Å². The number of nitrogens with one attached hydrogen (secondary N) is 1. The second kappa shape index (κ2) is 8.65. The third-order valence-corrected chi connectivity index (χ3v) is 4.73. The Morgan fingerprint density at radius 3 is 2.29 bits per heavy atom. The predicted octanol–water partition coefficient (Wildman–Crippen LogP) is 4.60. The summed E-state index contributed by atoms with van der Waals surface area (Å²) in [5, 5.41) is 2.95. The van der Waals surface area contributed by atoms with Gasteiger partial charge in [0.15, 0.2) is 0 Å². The second-order valence-electron chi connectivity index (χ2n) is 5.67. The summed E-state index contributed by atoms with van der Waals surface area (Å²) in [6.45, 7) is 3.00. The number of ether oxygens (including phenoxy) is 1. The van der Waals surface area contributed by atoms with E-state index in [1.165, 1.54) is 0 Å². The number of nitrogens with zero attached hydrogens (tertiary/aromatic N) is 1. The predicted molar refractivity (Wildman–Crippen MR) is 105 cm³/mol. The molecule has 0 heterocycles. The van der Waals surface area contributed by atoms with Gasteiger partial charge in [-0.05, 0) is 81.2 Å². The third kappa shape index (κ3) is 5.33. The number of rotatable bonds is 6. The Morgan fingerprint density at radius 2 is 1.75 bits per heavy atom. The van der Waals surface area contributed by atoms with Crippen molar-refractivity contribution in [3.05, 3.63) is 56.5 Å². The molecule has 0 radical (unpaired) electrons. The average molecular weight is 456 g/mol.